The number of carbonyl (C=O) groups excluding carboxylic acids is 1. The van der Waals surface area contributed by atoms with Crippen molar-refractivity contribution in [2.75, 3.05) is 19.6 Å². The molecular weight excluding hydrogens is 344 g/mol. The topological polar surface area (TPSA) is 32.3 Å². The molecule has 0 aromatic heterocycles. The van der Waals surface area contributed by atoms with Crippen LogP contribution in [0.25, 0.3) is 0 Å². The molecule has 0 radical (unpaired) electrons. The molecule has 3 rings (SSSR count). The lowest BCUT2D eigenvalue weighted by atomic mass is 10.0. The Morgan fingerprint density at radius 1 is 1.12 bits per heavy atom. The second kappa shape index (κ2) is 8.70. The second-order valence-corrected chi connectivity index (χ2v) is 7.27. The van der Waals surface area contributed by atoms with Gasteiger partial charge in [0.1, 0.15) is 0 Å². The van der Waals surface area contributed by atoms with Gasteiger partial charge in [-0.2, -0.15) is 0 Å². The molecule has 3 nitrogen and oxygen atoms in total. The highest BCUT2D eigenvalue weighted by molar-refractivity contribution is 6.31. The first-order chi connectivity index (χ1) is 12.7. The maximum Gasteiger partial charge on any atom is 0.223 e. The molecule has 4 heteroatoms. The number of likely N-dealkylation sites (N-methyl/N-ethyl adjacent to an activating group) is 1. The minimum absolute atomic E-state index is 0.0445. The summed E-state index contributed by atoms with van der Waals surface area (Å²) >= 11 is 6.28. The van der Waals surface area contributed by atoms with Gasteiger partial charge in [0, 0.05) is 17.5 Å². The van der Waals surface area contributed by atoms with Crippen molar-refractivity contribution in [1.29, 1.82) is 0 Å². The molecule has 1 saturated carbocycles. The van der Waals surface area contributed by atoms with E-state index in [0.29, 0.717) is 6.54 Å². The van der Waals surface area contributed by atoms with E-state index in [4.69, 9.17) is 11.6 Å². The first kappa shape index (κ1) is 18.9. The first-order valence-corrected chi connectivity index (χ1v) is 9.84. The molecule has 0 spiro atoms. The van der Waals surface area contributed by atoms with E-state index < -0.39 is 0 Å². The van der Waals surface area contributed by atoms with Crippen molar-refractivity contribution in [1.82, 2.24) is 10.2 Å². The summed E-state index contributed by atoms with van der Waals surface area (Å²) in [7, 11) is 0. The average molecular weight is 371 g/mol. The standard InChI is InChI=1S/C22H27ClN2O/c1-3-25(4-2)21(16-10-6-5-7-11-16)15-24-22(26)19-14-18(19)17-12-8-9-13-20(17)23/h5-13,18-19,21H,3-4,14-15H2,1-2H3,(H,24,26). The Bertz CT molecular complexity index is 730. The Hall–Kier alpha value is -1.84. The van der Waals surface area contributed by atoms with E-state index in [-0.39, 0.29) is 23.8 Å². The number of nitrogens with one attached hydrogen (secondary N) is 1. The summed E-state index contributed by atoms with van der Waals surface area (Å²) in [4.78, 5) is 15.0. The minimum atomic E-state index is 0.0445. The van der Waals surface area contributed by atoms with Gasteiger partial charge in [0.05, 0.1) is 6.04 Å². The number of carbonyl (C=O) groups is 1. The number of nitrogens with zero attached hydrogens (tertiary/aromatic N) is 1. The molecule has 3 unspecified atom stereocenters. The lowest BCUT2D eigenvalue weighted by molar-refractivity contribution is -0.122. The van der Waals surface area contributed by atoms with E-state index in [1.54, 1.807) is 0 Å². The minimum Gasteiger partial charge on any atom is -0.354 e. The van der Waals surface area contributed by atoms with Crippen molar-refractivity contribution in [2.45, 2.75) is 32.2 Å². The highest BCUT2D eigenvalue weighted by atomic mass is 35.5. The zero-order valence-electron chi connectivity index (χ0n) is 15.5. The zero-order valence-corrected chi connectivity index (χ0v) is 16.2. The van der Waals surface area contributed by atoms with Crippen LogP contribution in [0.5, 0.6) is 0 Å². The number of benzene rings is 2. The van der Waals surface area contributed by atoms with Gasteiger partial charge in [0.25, 0.3) is 0 Å². The molecule has 2 aromatic carbocycles. The third-order valence-corrected chi connectivity index (χ3v) is 5.68. The van der Waals surface area contributed by atoms with E-state index in [1.165, 1.54) is 5.56 Å². The van der Waals surface area contributed by atoms with Crippen LogP contribution in [0, 0.1) is 5.92 Å². The summed E-state index contributed by atoms with van der Waals surface area (Å²) in [5.74, 6) is 0.443. The summed E-state index contributed by atoms with van der Waals surface area (Å²) in [5.41, 5.74) is 2.34. The van der Waals surface area contributed by atoms with Gasteiger partial charge in [-0.3, -0.25) is 9.69 Å². The molecule has 1 aliphatic carbocycles. The summed E-state index contributed by atoms with van der Waals surface area (Å²) in [6, 6.07) is 18.5. The van der Waals surface area contributed by atoms with Crippen molar-refractivity contribution < 1.29 is 4.79 Å². The van der Waals surface area contributed by atoms with Crippen LogP contribution in [0.2, 0.25) is 5.02 Å². The molecule has 0 aliphatic heterocycles. The molecule has 2 aromatic rings. The number of halogens is 1. The summed E-state index contributed by atoms with van der Waals surface area (Å²) < 4.78 is 0. The lowest BCUT2D eigenvalue weighted by Gasteiger charge is -2.30. The Labute approximate surface area is 161 Å². The van der Waals surface area contributed by atoms with Crippen molar-refractivity contribution >= 4 is 17.5 Å². The molecule has 3 atom stereocenters. The van der Waals surface area contributed by atoms with Crippen LogP contribution >= 0.6 is 11.6 Å². The van der Waals surface area contributed by atoms with E-state index >= 15 is 0 Å². The molecule has 1 fully saturated rings. The number of amides is 1. The molecule has 0 saturated heterocycles. The SMILES string of the molecule is CCN(CC)C(CNC(=O)C1CC1c1ccccc1Cl)c1ccccc1. The van der Waals surface area contributed by atoms with Crippen LogP contribution in [-0.2, 0) is 4.79 Å². The summed E-state index contributed by atoms with van der Waals surface area (Å²) in [5, 5.41) is 3.95. The molecular formula is C22H27ClN2O. The van der Waals surface area contributed by atoms with Crippen LogP contribution in [0.15, 0.2) is 54.6 Å². The molecule has 26 heavy (non-hydrogen) atoms. The van der Waals surface area contributed by atoms with Crippen molar-refractivity contribution in [2.24, 2.45) is 5.92 Å². The van der Waals surface area contributed by atoms with Gasteiger partial charge in [-0.25, -0.2) is 0 Å². The van der Waals surface area contributed by atoms with Crippen LogP contribution in [0.4, 0.5) is 0 Å². The third-order valence-electron chi connectivity index (χ3n) is 5.34. The normalized spacial score (nSPS) is 20.0. The van der Waals surface area contributed by atoms with Crippen molar-refractivity contribution in [3.63, 3.8) is 0 Å². The van der Waals surface area contributed by atoms with Gasteiger partial charge in [-0.05, 0) is 42.6 Å². The molecule has 1 N–H and O–H groups in total. The molecule has 0 bridgehead atoms. The van der Waals surface area contributed by atoms with Crippen molar-refractivity contribution in [3.05, 3.63) is 70.7 Å². The average Bonchev–Trinajstić information content (AvgIpc) is 3.46. The van der Waals surface area contributed by atoms with Gasteiger partial charge in [-0.15, -0.1) is 0 Å². The highest BCUT2D eigenvalue weighted by Crippen LogP contribution is 2.49. The van der Waals surface area contributed by atoms with Gasteiger partial charge in [0.15, 0.2) is 0 Å². The smallest absolute Gasteiger partial charge is 0.223 e. The van der Waals surface area contributed by atoms with Crippen LogP contribution < -0.4 is 5.32 Å². The largest absolute Gasteiger partial charge is 0.354 e. The predicted molar refractivity (Wildman–Crippen MR) is 107 cm³/mol. The molecule has 1 amide bonds. The van der Waals surface area contributed by atoms with E-state index in [1.807, 2.05) is 30.3 Å². The zero-order chi connectivity index (χ0) is 18.5. The van der Waals surface area contributed by atoms with Gasteiger partial charge in [-0.1, -0.05) is 74.0 Å². The Balaban J connectivity index is 1.63. The van der Waals surface area contributed by atoms with Crippen LogP contribution in [0.3, 0.4) is 0 Å². The summed E-state index contributed by atoms with van der Waals surface area (Å²) in [6.45, 7) is 6.87. The van der Waals surface area contributed by atoms with E-state index in [2.05, 4.69) is 48.3 Å². The number of rotatable bonds is 8. The maximum atomic E-state index is 12.7. The number of hydrogen-bond donors (Lipinski definition) is 1. The summed E-state index contributed by atoms with van der Waals surface area (Å²) in [6.07, 6.45) is 0.886. The van der Waals surface area contributed by atoms with Gasteiger partial charge in [0.2, 0.25) is 5.91 Å². The predicted octanol–water partition coefficient (Wildman–Crippen LogP) is 4.64. The lowest BCUT2D eigenvalue weighted by Crippen LogP contribution is -2.38. The van der Waals surface area contributed by atoms with E-state index in [0.717, 1.165) is 30.1 Å². The fraction of sp³-hybridized carbons (Fsp3) is 0.409. The Morgan fingerprint density at radius 2 is 1.77 bits per heavy atom. The Morgan fingerprint density at radius 3 is 2.42 bits per heavy atom. The fourth-order valence-corrected chi connectivity index (χ4v) is 4.01. The highest BCUT2D eigenvalue weighted by Gasteiger charge is 2.44. The fourth-order valence-electron chi connectivity index (χ4n) is 3.73. The third kappa shape index (κ3) is 4.28. The van der Waals surface area contributed by atoms with Gasteiger partial charge >= 0.3 is 0 Å². The Kier molecular flexibility index (Phi) is 6.33. The maximum absolute atomic E-state index is 12.7. The second-order valence-electron chi connectivity index (χ2n) is 6.86. The monoisotopic (exact) mass is 370 g/mol. The van der Waals surface area contributed by atoms with Crippen molar-refractivity contribution in [3.8, 4) is 0 Å². The molecule has 0 heterocycles. The van der Waals surface area contributed by atoms with E-state index in [9.17, 15) is 4.79 Å². The molecule has 138 valence electrons. The van der Waals surface area contributed by atoms with Crippen LogP contribution in [-0.4, -0.2) is 30.4 Å². The molecule has 1 aliphatic rings. The van der Waals surface area contributed by atoms with Crippen LogP contribution in [0.1, 0.15) is 43.4 Å². The number of hydrogen-bond acceptors (Lipinski definition) is 2. The first-order valence-electron chi connectivity index (χ1n) is 9.46. The quantitative estimate of drug-likeness (QED) is 0.734. The van der Waals surface area contributed by atoms with Gasteiger partial charge < -0.3 is 5.32 Å².